The van der Waals surface area contributed by atoms with Crippen LogP contribution in [0.4, 0.5) is 29.3 Å². The predicted molar refractivity (Wildman–Crippen MR) is 157 cm³/mol. The first-order valence-electron chi connectivity index (χ1n) is 14.0. The van der Waals surface area contributed by atoms with Gasteiger partial charge in [0.2, 0.25) is 0 Å². The summed E-state index contributed by atoms with van der Waals surface area (Å²) >= 11 is 0. The second-order valence-corrected chi connectivity index (χ2v) is 10.7. The van der Waals surface area contributed by atoms with Gasteiger partial charge in [-0.2, -0.15) is 5.06 Å². The molecule has 0 saturated heterocycles. The Labute approximate surface area is 248 Å². The topological polar surface area (TPSA) is 97.0 Å². The molecule has 3 aromatic rings. The Kier molecular flexibility index (Phi) is 9.63. The van der Waals surface area contributed by atoms with E-state index in [1.807, 2.05) is 32.9 Å². The van der Waals surface area contributed by atoms with E-state index in [0.717, 1.165) is 41.0 Å². The number of anilines is 2. The van der Waals surface area contributed by atoms with E-state index in [1.54, 1.807) is 12.1 Å². The number of ether oxygens (including phenoxy) is 1. The van der Waals surface area contributed by atoms with Gasteiger partial charge in [-0.25, -0.2) is 4.79 Å². The molecule has 0 atom stereocenters. The van der Waals surface area contributed by atoms with Crippen LogP contribution in [0.25, 0.3) is 11.1 Å². The van der Waals surface area contributed by atoms with Gasteiger partial charge in [-0.15, -0.1) is 13.2 Å². The lowest BCUT2D eigenvalue weighted by Crippen LogP contribution is -2.42. The van der Waals surface area contributed by atoms with Crippen molar-refractivity contribution in [1.82, 2.24) is 5.06 Å². The summed E-state index contributed by atoms with van der Waals surface area (Å²) < 4.78 is 41.8. The minimum Gasteiger partial charge on any atom is -0.406 e. The number of urea groups is 1. The van der Waals surface area contributed by atoms with Crippen molar-refractivity contribution in [2.75, 3.05) is 10.6 Å². The molecule has 0 heterocycles. The number of hydrogen-bond donors (Lipinski definition) is 2. The summed E-state index contributed by atoms with van der Waals surface area (Å²) in [4.78, 5) is 44.5. The van der Waals surface area contributed by atoms with Crippen LogP contribution >= 0.6 is 0 Å². The van der Waals surface area contributed by atoms with E-state index in [0.29, 0.717) is 29.7 Å². The molecule has 11 heteroatoms. The molecule has 3 amide bonds. The molecule has 43 heavy (non-hydrogen) atoms. The molecule has 8 nitrogen and oxygen atoms in total. The molecule has 0 aliphatic heterocycles. The summed E-state index contributed by atoms with van der Waals surface area (Å²) in [5, 5.41) is 6.71. The molecule has 1 aliphatic rings. The predicted octanol–water partition coefficient (Wildman–Crippen LogP) is 8.07. The smallest absolute Gasteiger partial charge is 0.406 e. The lowest BCUT2D eigenvalue weighted by molar-refractivity contribution is -0.274. The van der Waals surface area contributed by atoms with E-state index in [2.05, 4.69) is 15.4 Å². The molecule has 0 unspecified atom stereocenters. The highest BCUT2D eigenvalue weighted by Crippen LogP contribution is 2.32. The monoisotopic (exact) mass is 597 g/mol. The van der Waals surface area contributed by atoms with E-state index in [1.165, 1.54) is 37.3 Å². The van der Waals surface area contributed by atoms with Crippen LogP contribution in [-0.2, 0) is 9.63 Å². The summed E-state index contributed by atoms with van der Waals surface area (Å²) in [6, 6.07) is 12.8. The number of nitrogens with zero attached hydrogens (tertiary/aromatic N) is 1. The van der Waals surface area contributed by atoms with Crippen molar-refractivity contribution in [3.63, 3.8) is 0 Å². The Morgan fingerprint density at radius 3 is 2.02 bits per heavy atom. The van der Waals surface area contributed by atoms with Crippen molar-refractivity contribution in [2.45, 2.75) is 72.2 Å². The van der Waals surface area contributed by atoms with E-state index in [4.69, 9.17) is 4.84 Å². The number of benzene rings is 3. The normalized spacial score (nSPS) is 13.7. The molecule has 0 radical (unpaired) electrons. The molecule has 1 saturated carbocycles. The maximum atomic E-state index is 13.9. The Hall–Kier alpha value is -4.54. The SMILES string of the molecule is CC(=O)ON(C(=O)c1ccc(-c2ccc(OC(F)(F)F)cc2)cc1NC(=O)Nc1c(C)cc(C)cc1C)C1CCCCC1. The largest absolute Gasteiger partial charge is 0.573 e. The third-order valence-electron chi connectivity index (χ3n) is 7.17. The summed E-state index contributed by atoms with van der Waals surface area (Å²) in [7, 11) is 0. The molecule has 1 fully saturated rings. The van der Waals surface area contributed by atoms with Gasteiger partial charge in [-0.1, -0.05) is 55.2 Å². The number of rotatable bonds is 6. The summed E-state index contributed by atoms with van der Waals surface area (Å²) in [6.45, 7) is 6.92. The average molecular weight is 598 g/mol. The quantitative estimate of drug-likeness (QED) is 0.280. The van der Waals surface area contributed by atoms with Gasteiger partial charge in [0.25, 0.3) is 5.91 Å². The number of hydrogen-bond acceptors (Lipinski definition) is 5. The fraction of sp³-hybridized carbons (Fsp3) is 0.344. The van der Waals surface area contributed by atoms with Gasteiger partial charge in [-0.3, -0.25) is 9.59 Å². The number of aryl methyl sites for hydroxylation is 3. The molecule has 4 rings (SSSR count). The van der Waals surface area contributed by atoms with Crippen LogP contribution in [-0.4, -0.2) is 35.4 Å². The van der Waals surface area contributed by atoms with Crippen molar-refractivity contribution in [1.29, 1.82) is 0 Å². The van der Waals surface area contributed by atoms with Crippen molar-refractivity contribution < 1.29 is 37.1 Å². The van der Waals surface area contributed by atoms with Crippen LogP contribution < -0.4 is 15.4 Å². The fourth-order valence-electron chi connectivity index (χ4n) is 5.36. The highest BCUT2D eigenvalue weighted by molar-refractivity contribution is 6.07. The average Bonchev–Trinajstić information content (AvgIpc) is 2.93. The second-order valence-electron chi connectivity index (χ2n) is 10.7. The minimum atomic E-state index is -4.83. The minimum absolute atomic E-state index is 0.0834. The molecule has 2 N–H and O–H groups in total. The lowest BCUT2D eigenvalue weighted by atomic mass is 9.94. The lowest BCUT2D eigenvalue weighted by Gasteiger charge is -2.32. The van der Waals surface area contributed by atoms with E-state index >= 15 is 0 Å². The van der Waals surface area contributed by atoms with Crippen LogP contribution in [0.2, 0.25) is 0 Å². The van der Waals surface area contributed by atoms with Gasteiger partial charge >= 0.3 is 18.4 Å². The second kappa shape index (κ2) is 13.2. The number of halogens is 3. The number of carbonyl (C=O) groups excluding carboxylic acids is 3. The Balaban J connectivity index is 1.70. The Bertz CT molecular complexity index is 1480. The molecular formula is C32H34F3N3O5. The number of alkyl halides is 3. The number of carbonyl (C=O) groups is 3. The zero-order chi connectivity index (χ0) is 31.3. The van der Waals surface area contributed by atoms with Gasteiger partial charge in [0.05, 0.1) is 17.3 Å². The molecule has 0 spiro atoms. The van der Waals surface area contributed by atoms with Crippen molar-refractivity contribution in [2.24, 2.45) is 0 Å². The number of amides is 3. The Morgan fingerprint density at radius 2 is 1.44 bits per heavy atom. The molecule has 3 aromatic carbocycles. The first-order chi connectivity index (χ1) is 20.3. The molecule has 0 aromatic heterocycles. The molecular weight excluding hydrogens is 563 g/mol. The summed E-state index contributed by atoms with van der Waals surface area (Å²) in [5.41, 5.74) is 4.63. The maximum Gasteiger partial charge on any atom is 0.573 e. The van der Waals surface area contributed by atoms with Crippen molar-refractivity contribution in [3.8, 4) is 16.9 Å². The molecule has 228 valence electrons. The third-order valence-corrected chi connectivity index (χ3v) is 7.17. The van der Waals surface area contributed by atoms with Gasteiger partial charge in [-0.05, 0) is 80.1 Å². The standard InChI is InChI=1S/C32H34F3N3O5/c1-19-16-20(2)29(21(3)17-19)37-31(41)36-28-18-24(23-10-13-26(14-11-23)42-32(33,34)35)12-15-27(28)30(40)38(43-22(4)39)25-8-6-5-7-9-25/h10-18,25H,5-9H2,1-4H3,(H2,36,37,41). The third kappa shape index (κ3) is 8.27. The summed E-state index contributed by atoms with van der Waals surface area (Å²) in [5.74, 6) is -1.62. The fourth-order valence-corrected chi connectivity index (χ4v) is 5.36. The van der Waals surface area contributed by atoms with Crippen LogP contribution in [0.3, 0.4) is 0 Å². The van der Waals surface area contributed by atoms with Crippen LogP contribution in [0, 0.1) is 20.8 Å². The zero-order valence-corrected chi connectivity index (χ0v) is 24.4. The van der Waals surface area contributed by atoms with Gasteiger partial charge in [0.1, 0.15) is 5.75 Å². The first-order valence-corrected chi connectivity index (χ1v) is 14.0. The highest BCUT2D eigenvalue weighted by Gasteiger charge is 2.32. The number of nitrogens with one attached hydrogen (secondary N) is 2. The van der Waals surface area contributed by atoms with E-state index in [9.17, 15) is 27.6 Å². The van der Waals surface area contributed by atoms with Crippen LogP contribution in [0.1, 0.15) is 66.1 Å². The maximum absolute atomic E-state index is 13.9. The highest BCUT2D eigenvalue weighted by atomic mass is 19.4. The van der Waals surface area contributed by atoms with Crippen LogP contribution in [0.15, 0.2) is 54.6 Å². The van der Waals surface area contributed by atoms with E-state index < -0.39 is 24.3 Å². The first kappa shape index (κ1) is 31.4. The Morgan fingerprint density at radius 1 is 0.837 bits per heavy atom. The van der Waals surface area contributed by atoms with Gasteiger partial charge in [0.15, 0.2) is 0 Å². The van der Waals surface area contributed by atoms with Gasteiger partial charge < -0.3 is 20.2 Å². The van der Waals surface area contributed by atoms with E-state index in [-0.39, 0.29) is 23.0 Å². The van der Waals surface area contributed by atoms with Crippen molar-refractivity contribution in [3.05, 3.63) is 76.9 Å². The van der Waals surface area contributed by atoms with Crippen LogP contribution in [0.5, 0.6) is 5.75 Å². The van der Waals surface area contributed by atoms with Gasteiger partial charge in [0, 0.05) is 12.6 Å². The summed E-state index contributed by atoms with van der Waals surface area (Å²) in [6.07, 6.45) is -0.715. The van der Waals surface area contributed by atoms with Crippen molar-refractivity contribution >= 4 is 29.3 Å². The number of hydroxylamine groups is 2. The zero-order valence-electron chi connectivity index (χ0n) is 24.4. The molecule has 0 bridgehead atoms. The molecule has 1 aliphatic carbocycles.